The number of benzene rings is 1. The van der Waals surface area contributed by atoms with Gasteiger partial charge in [0.1, 0.15) is 6.54 Å². The van der Waals surface area contributed by atoms with Gasteiger partial charge in [-0.2, -0.15) is 0 Å². The molecule has 0 bridgehead atoms. The number of aromatic nitrogens is 2. The zero-order chi connectivity index (χ0) is 21.6. The fraction of sp³-hybridized carbons (Fsp3) is 0.500. The van der Waals surface area contributed by atoms with Gasteiger partial charge in [-0.1, -0.05) is 17.7 Å². The maximum atomic E-state index is 13.6. The van der Waals surface area contributed by atoms with Crippen LogP contribution in [0, 0.1) is 12.8 Å². The third-order valence-electron chi connectivity index (χ3n) is 6.29. The van der Waals surface area contributed by atoms with Gasteiger partial charge in [0.25, 0.3) is 0 Å². The molecule has 2 aliphatic rings. The zero-order valence-electron chi connectivity index (χ0n) is 18.2. The Morgan fingerprint density at radius 2 is 1.61 bits per heavy atom. The van der Waals surface area contributed by atoms with Gasteiger partial charge in [0.2, 0.25) is 17.8 Å². The topological polar surface area (TPSA) is 69.6 Å². The van der Waals surface area contributed by atoms with Crippen LogP contribution in [-0.4, -0.2) is 59.4 Å². The largest absolute Gasteiger partial charge is 0.341 e. The van der Waals surface area contributed by atoms with Gasteiger partial charge in [-0.25, -0.2) is 9.97 Å². The summed E-state index contributed by atoms with van der Waals surface area (Å²) >= 11 is 0. The van der Waals surface area contributed by atoms with Crippen LogP contribution in [0.4, 0.5) is 11.6 Å². The Bertz CT molecular complexity index is 873. The number of rotatable bonds is 5. The van der Waals surface area contributed by atoms with Crippen molar-refractivity contribution in [2.75, 3.05) is 42.5 Å². The van der Waals surface area contributed by atoms with Gasteiger partial charge >= 0.3 is 0 Å². The predicted octanol–water partition coefficient (Wildman–Crippen LogP) is 3.05. The maximum absolute atomic E-state index is 13.6. The lowest BCUT2D eigenvalue weighted by Gasteiger charge is -2.35. The summed E-state index contributed by atoms with van der Waals surface area (Å²) in [5, 5.41) is 0. The number of hydrogen-bond acceptors (Lipinski definition) is 5. The molecule has 0 radical (unpaired) electrons. The van der Waals surface area contributed by atoms with E-state index in [9.17, 15) is 9.59 Å². The molecule has 0 atom stereocenters. The van der Waals surface area contributed by atoms with Crippen molar-refractivity contribution < 1.29 is 9.59 Å². The minimum Gasteiger partial charge on any atom is -0.341 e. The highest BCUT2D eigenvalue weighted by molar-refractivity contribution is 6.00. The highest BCUT2D eigenvalue weighted by Crippen LogP contribution is 2.26. The Kier molecular flexibility index (Phi) is 6.79. The van der Waals surface area contributed by atoms with Crippen LogP contribution < -0.4 is 9.80 Å². The van der Waals surface area contributed by atoms with E-state index in [0.29, 0.717) is 5.95 Å². The van der Waals surface area contributed by atoms with Crippen molar-refractivity contribution in [2.24, 2.45) is 5.92 Å². The summed E-state index contributed by atoms with van der Waals surface area (Å²) in [5.74, 6) is 0.700. The smallest absolute Gasteiger partial charge is 0.242 e. The second-order valence-electron chi connectivity index (χ2n) is 8.51. The molecule has 31 heavy (non-hydrogen) atoms. The Hall–Kier alpha value is -2.96. The van der Waals surface area contributed by atoms with Crippen LogP contribution in [0.5, 0.6) is 0 Å². The molecule has 0 N–H and O–H groups in total. The van der Waals surface area contributed by atoms with Crippen LogP contribution in [0.1, 0.15) is 37.7 Å². The van der Waals surface area contributed by atoms with Crippen LogP contribution in [0.2, 0.25) is 0 Å². The maximum Gasteiger partial charge on any atom is 0.242 e. The molecule has 0 spiro atoms. The van der Waals surface area contributed by atoms with Gasteiger partial charge < -0.3 is 14.7 Å². The van der Waals surface area contributed by atoms with Crippen molar-refractivity contribution in [3.05, 3.63) is 48.3 Å². The highest BCUT2D eigenvalue weighted by Gasteiger charge is 2.32. The summed E-state index contributed by atoms with van der Waals surface area (Å²) in [5.41, 5.74) is 1.93. The van der Waals surface area contributed by atoms with Crippen LogP contribution >= 0.6 is 0 Å². The Morgan fingerprint density at radius 3 is 2.26 bits per heavy atom. The Labute approximate surface area is 184 Å². The number of piperidine rings is 2. The molecule has 0 aliphatic carbocycles. The van der Waals surface area contributed by atoms with Gasteiger partial charge in [0, 0.05) is 50.2 Å². The highest BCUT2D eigenvalue weighted by atomic mass is 16.2. The molecule has 2 aliphatic heterocycles. The van der Waals surface area contributed by atoms with E-state index in [1.807, 2.05) is 36.1 Å². The van der Waals surface area contributed by atoms with E-state index in [1.165, 1.54) is 6.42 Å². The number of hydrogen-bond donors (Lipinski definition) is 0. The van der Waals surface area contributed by atoms with Gasteiger partial charge in [-0.15, -0.1) is 0 Å². The Balaban J connectivity index is 1.46. The van der Waals surface area contributed by atoms with E-state index in [-0.39, 0.29) is 24.3 Å². The fourth-order valence-corrected chi connectivity index (χ4v) is 4.40. The molecule has 7 heteroatoms. The van der Waals surface area contributed by atoms with Crippen molar-refractivity contribution in [1.29, 1.82) is 0 Å². The lowest BCUT2D eigenvalue weighted by molar-refractivity contribution is -0.133. The molecule has 164 valence electrons. The van der Waals surface area contributed by atoms with E-state index in [1.54, 1.807) is 23.4 Å². The first kappa shape index (κ1) is 21.3. The van der Waals surface area contributed by atoms with Gasteiger partial charge in [0.15, 0.2) is 0 Å². The lowest BCUT2D eigenvalue weighted by atomic mass is 9.95. The van der Waals surface area contributed by atoms with E-state index in [0.717, 1.165) is 63.1 Å². The van der Waals surface area contributed by atoms with Crippen LogP contribution in [0.25, 0.3) is 0 Å². The average Bonchev–Trinajstić information content (AvgIpc) is 2.84. The third-order valence-corrected chi connectivity index (χ3v) is 6.29. The molecule has 2 aromatic rings. The normalized spacial score (nSPS) is 17.5. The summed E-state index contributed by atoms with van der Waals surface area (Å²) in [6.45, 7) is 5.21. The van der Waals surface area contributed by atoms with Crippen molar-refractivity contribution in [3.63, 3.8) is 0 Å². The van der Waals surface area contributed by atoms with Crippen molar-refractivity contribution in [2.45, 2.75) is 39.0 Å². The predicted molar refractivity (Wildman–Crippen MR) is 121 cm³/mol. The average molecular weight is 422 g/mol. The van der Waals surface area contributed by atoms with Gasteiger partial charge in [0.05, 0.1) is 0 Å². The van der Waals surface area contributed by atoms with E-state index in [4.69, 9.17) is 0 Å². The number of carbonyl (C=O) groups is 2. The van der Waals surface area contributed by atoms with Gasteiger partial charge in [-0.05, 0) is 57.2 Å². The minimum absolute atomic E-state index is 0.0443. The van der Waals surface area contributed by atoms with Crippen molar-refractivity contribution in [1.82, 2.24) is 14.9 Å². The van der Waals surface area contributed by atoms with E-state index in [2.05, 4.69) is 14.9 Å². The fourth-order valence-electron chi connectivity index (χ4n) is 4.40. The molecule has 0 saturated carbocycles. The van der Waals surface area contributed by atoms with Gasteiger partial charge in [-0.3, -0.25) is 9.59 Å². The van der Waals surface area contributed by atoms with Crippen molar-refractivity contribution in [3.8, 4) is 0 Å². The molecule has 2 saturated heterocycles. The summed E-state index contributed by atoms with van der Waals surface area (Å²) < 4.78 is 0. The first-order chi connectivity index (χ1) is 15.1. The van der Waals surface area contributed by atoms with Crippen molar-refractivity contribution >= 4 is 23.5 Å². The molecule has 1 aromatic carbocycles. The molecule has 2 fully saturated rings. The lowest BCUT2D eigenvalue weighted by Crippen LogP contribution is -2.48. The zero-order valence-corrected chi connectivity index (χ0v) is 18.2. The standard InChI is InChI=1S/C24H31N5O2/c1-19-6-8-21(9-7-19)29(18-22(30)27-14-3-2-4-15-27)23(31)20-10-16-28(17-11-20)24-25-12-5-13-26-24/h5-9,12-13,20H,2-4,10-11,14-18H2,1H3. The first-order valence-corrected chi connectivity index (χ1v) is 11.3. The molecule has 7 nitrogen and oxygen atoms in total. The molecule has 4 rings (SSSR count). The van der Waals surface area contributed by atoms with Crippen LogP contribution in [0.3, 0.4) is 0 Å². The second-order valence-corrected chi connectivity index (χ2v) is 8.51. The number of anilines is 2. The number of carbonyl (C=O) groups excluding carboxylic acids is 2. The molecule has 1 aromatic heterocycles. The summed E-state index contributed by atoms with van der Waals surface area (Å²) in [7, 11) is 0. The molecule has 3 heterocycles. The summed E-state index contributed by atoms with van der Waals surface area (Å²) in [6.07, 6.45) is 8.22. The number of aryl methyl sites for hydroxylation is 1. The first-order valence-electron chi connectivity index (χ1n) is 11.3. The molecule has 0 unspecified atom stereocenters. The van der Waals surface area contributed by atoms with Crippen LogP contribution in [0.15, 0.2) is 42.7 Å². The molecule has 2 amide bonds. The molecular formula is C24H31N5O2. The quantitative estimate of drug-likeness (QED) is 0.742. The van der Waals surface area contributed by atoms with E-state index >= 15 is 0 Å². The molecular weight excluding hydrogens is 390 g/mol. The Morgan fingerprint density at radius 1 is 0.968 bits per heavy atom. The van der Waals surface area contributed by atoms with Crippen LogP contribution in [-0.2, 0) is 9.59 Å². The van der Waals surface area contributed by atoms with E-state index < -0.39 is 0 Å². The number of amides is 2. The SMILES string of the molecule is Cc1ccc(N(CC(=O)N2CCCCC2)C(=O)C2CCN(c3ncccn3)CC2)cc1. The monoisotopic (exact) mass is 421 g/mol. The third kappa shape index (κ3) is 5.21. The number of nitrogens with zero attached hydrogens (tertiary/aromatic N) is 5. The summed E-state index contributed by atoms with van der Waals surface area (Å²) in [6, 6.07) is 9.69. The second kappa shape index (κ2) is 9.90. The number of likely N-dealkylation sites (tertiary alicyclic amines) is 1. The summed E-state index contributed by atoms with van der Waals surface area (Å²) in [4.78, 5) is 40.9. The minimum atomic E-state index is -0.101.